The highest BCUT2D eigenvalue weighted by molar-refractivity contribution is 7.95. The molecule has 0 bridgehead atoms. The molecule has 3 nitrogen and oxygen atoms in total. The number of rotatable bonds is 4. The molecular formula is C9H17NO2S. The molecule has 0 aromatic heterocycles. The van der Waals surface area contributed by atoms with Gasteiger partial charge in [-0.2, -0.15) is 0 Å². The van der Waals surface area contributed by atoms with Gasteiger partial charge in [0.1, 0.15) is 0 Å². The normalized spacial score (nSPS) is 14.3. The van der Waals surface area contributed by atoms with Crippen LogP contribution in [0.5, 0.6) is 0 Å². The third-order valence-electron chi connectivity index (χ3n) is 1.73. The summed E-state index contributed by atoms with van der Waals surface area (Å²) in [6, 6.07) is 0. The van der Waals surface area contributed by atoms with Crippen molar-refractivity contribution in [2.75, 3.05) is 0 Å². The number of nitrogens with two attached hydrogens (primary N) is 1. The molecule has 0 saturated carbocycles. The highest BCUT2D eigenvalue weighted by Crippen LogP contribution is 2.16. The zero-order valence-electron chi connectivity index (χ0n) is 8.32. The summed E-state index contributed by atoms with van der Waals surface area (Å²) in [6.45, 7) is 5.16. The Bertz CT molecular complexity index is 300. The first-order valence-corrected chi connectivity index (χ1v) is 5.82. The standard InChI is InChI=1S/C9H17NO2S/c1-4-9(6-5-7-10)13(11,12)8(2)3/h5-8H,4,10H2,1-3H3/b7-5-,9-6+. The van der Waals surface area contributed by atoms with Crippen LogP contribution in [0.25, 0.3) is 0 Å². The van der Waals surface area contributed by atoms with Crippen LogP contribution in [-0.2, 0) is 9.84 Å². The van der Waals surface area contributed by atoms with E-state index in [-0.39, 0.29) is 5.25 Å². The van der Waals surface area contributed by atoms with E-state index in [1.165, 1.54) is 6.20 Å². The Kier molecular flexibility index (Phi) is 4.77. The van der Waals surface area contributed by atoms with Gasteiger partial charge in [0.15, 0.2) is 9.84 Å². The van der Waals surface area contributed by atoms with E-state index < -0.39 is 9.84 Å². The van der Waals surface area contributed by atoms with Crippen LogP contribution in [0.2, 0.25) is 0 Å². The lowest BCUT2D eigenvalue weighted by molar-refractivity contribution is 0.592. The lowest BCUT2D eigenvalue weighted by Crippen LogP contribution is -2.15. The van der Waals surface area contributed by atoms with Crippen molar-refractivity contribution in [3.05, 3.63) is 23.3 Å². The zero-order valence-corrected chi connectivity index (χ0v) is 9.14. The molecule has 0 radical (unpaired) electrons. The fraction of sp³-hybridized carbons (Fsp3) is 0.556. The van der Waals surface area contributed by atoms with Crippen molar-refractivity contribution >= 4 is 9.84 Å². The number of hydrogen-bond acceptors (Lipinski definition) is 3. The topological polar surface area (TPSA) is 60.2 Å². The Morgan fingerprint density at radius 1 is 1.46 bits per heavy atom. The van der Waals surface area contributed by atoms with E-state index in [1.54, 1.807) is 26.0 Å². The second-order valence-corrected chi connectivity index (χ2v) is 5.52. The van der Waals surface area contributed by atoms with Gasteiger partial charge in [-0.05, 0) is 38.6 Å². The smallest absolute Gasteiger partial charge is 0.176 e. The van der Waals surface area contributed by atoms with Gasteiger partial charge < -0.3 is 5.73 Å². The van der Waals surface area contributed by atoms with Crippen molar-refractivity contribution in [3.8, 4) is 0 Å². The van der Waals surface area contributed by atoms with E-state index in [0.717, 1.165) is 0 Å². The molecule has 0 aromatic rings. The van der Waals surface area contributed by atoms with Crippen molar-refractivity contribution in [2.24, 2.45) is 5.73 Å². The van der Waals surface area contributed by atoms with E-state index >= 15 is 0 Å². The van der Waals surface area contributed by atoms with Crippen molar-refractivity contribution < 1.29 is 8.42 Å². The van der Waals surface area contributed by atoms with Gasteiger partial charge in [0.05, 0.1) is 5.25 Å². The average molecular weight is 203 g/mol. The van der Waals surface area contributed by atoms with Crippen LogP contribution in [-0.4, -0.2) is 13.7 Å². The highest BCUT2D eigenvalue weighted by atomic mass is 32.2. The van der Waals surface area contributed by atoms with Gasteiger partial charge >= 0.3 is 0 Å². The van der Waals surface area contributed by atoms with Gasteiger partial charge in [-0.1, -0.05) is 6.92 Å². The maximum atomic E-state index is 11.6. The average Bonchev–Trinajstić information content (AvgIpc) is 2.05. The Hall–Kier alpha value is -0.770. The molecule has 0 aliphatic carbocycles. The van der Waals surface area contributed by atoms with Gasteiger partial charge in [-0.3, -0.25) is 0 Å². The van der Waals surface area contributed by atoms with E-state index in [9.17, 15) is 8.42 Å². The SMILES string of the molecule is CC/C(=C\C=C/N)S(=O)(=O)C(C)C. The fourth-order valence-corrected chi connectivity index (χ4v) is 2.16. The number of sulfone groups is 1. The number of allylic oxidation sites excluding steroid dienone is 3. The third-order valence-corrected chi connectivity index (χ3v) is 4.12. The van der Waals surface area contributed by atoms with Crippen LogP contribution < -0.4 is 5.73 Å². The molecule has 0 amide bonds. The Morgan fingerprint density at radius 3 is 2.31 bits per heavy atom. The monoisotopic (exact) mass is 203 g/mol. The van der Waals surface area contributed by atoms with Crippen molar-refractivity contribution in [3.63, 3.8) is 0 Å². The summed E-state index contributed by atoms with van der Waals surface area (Å²) < 4.78 is 23.2. The zero-order chi connectivity index (χ0) is 10.5. The minimum Gasteiger partial charge on any atom is -0.405 e. The molecule has 2 N–H and O–H groups in total. The molecule has 0 heterocycles. The second-order valence-electron chi connectivity index (χ2n) is 2.97. The second kappa shape index (κ2) is 5.07. The van der Waals surface area contributed by atoms with E-state index in [2.05, 4.69) is 0 Å². The van der Waals surface area contributed by atoms with Crippen molar-refractivity contribution in [1.82, 2.24) is 0 Å². The molecular weight excluding hydrogens is 186 g/mol. The molecule has 0 saturated heterocycles. The minimum absolute atomic E-state index is 0.370. The van der Waals surface area contributed by atoms with Gasteiger partial charge in [-0.25, -0.2) is 8.42 Å². The first-order chi connectivity index (χ1) is 5.96. The van der Waals surface area contributed by atoms with Crippen LogP contribution in [0, 0.1) is 0 Å². The maximum Gasteiger partial charge on any atom is 0.176 e. The summed E-state index contributed by atoms with van der Waals surface area (Å²) in [5.74, 6) is 0. The molecule has 13 heavy (non-hydrogen) atoms. The molecule has 0 aromatic carbocycles. The van der Waals surface area contributed by atoms with Crippen LogP contribution in [0.3, 0.4) is 0 Å². The summed E-state index contributed by atoms with van der Waals surface area (Å²) in [7, 11) is -3.11. The van der Waals surface area contributed by atoms with Crippen molar-refractivity contribution in [2.45, 2.75) is 32.4 Å². The predicted molar refractivity (Wildman–Crippen MR) is 55.8 cm³/mol. The summed E-state index contributed by atoms with van der Waals surface area (Å²) >= 11 is 0. The fourth-order valence-electron chi connectivity index (χ4n) is 0.880. The van der Waals surface area contributed by atoms with Crippen LogP contribution in [0.15, 0.2) is 23.3 Å². The molecule has 0 aliphatic rings. The molecule has 0 spiro atoms. The Labute approximate surface area is 80.2 Å². The number of hydrogen-bond donors (Lipinski definition) is 1. The van der Waals surface area contributed by atoms with Crippen LogP contribution >= 0.6 is 0 Å². The summed E-state index contributed by atoms with van der Waals surface area (Å²) in [5.41, 5.74) is 5.13. The van der Waals surface area contributed by atoms with Gasteiger partial charge in [0, 0.05) is 4.91 Å². The third kappa shape index (κ3) is 3.22. The Morgan fingerprint density at radius 2 is 2.00 bits per heavy atom. The van der Waals surface area contributed by atoms with Gasteiger partial charge in [-0.15, -0.1) is 0 Å². The first-order valence-electron chi connectivity index (χ1n) is 4.28. The van der Waals surface area contributed by atoms with E-state index in [1.807, 2.05) is 6.92 Å². The molecule has 0 aliphatic heterocycles. The molecule has 0 unspecified atom stereocenters. The largest absolute Gasteiger partial charge is 0.405 e. The molecule has 0 rings (SSSR count). The minimum atomic E-state index is -3.11. The lowest BCUT2D eigenvalue weighted by atomic mass is 10.4. The first kappa shape index (κ1) is 12.2. The molecule has 0 fully saturated rings. The van der Waals surface area contributed by atoms with E-state index in [0.29, 0.717) is 11.3 Å². The Balaban J connectivity index is 5.00. The van der Waals surface area contributed by atoms with Crippen molar-refractivity contribution in [1.29, 1.82) is 0 Å². The lowest BCUT2D eigenvalue weighted by Gasteiger charge is -2.09. The quantitative estimate of drug-likeness (QED) is 0.706. The highest BCUT2D eigenvalue weighted by Gasteiger charge is 2.19. The summed E-state index contributed by atoms with van der Waals surface area (Å²) in [6.07, 6.45) is 4.92. The van der Waals surface area contributed by atoms with Gasteiger partial charge in [0.2, 0.25) is 0 Å². The van der Waals surface area contributed by atoms with Gasteiger partial charge in [0.25, 0.3) is 0 Å². The van der Waals surface area contributed by atoms with E-state index in [4.69, 9.17) is 5.73 Å². The molecule has 76 valence electrons. The van der Waals surface area contributed by atoms with Crippen LogP contribution in [0.1, 0.15) is 27.2 Å². The summed E-state index contributed by atoms with van der Waals surface area (Å²) in [5, 5.41) is -0.370. The summed E-state index contributed by atoms with van der Waals surface area (Å²) in [4.78, 5) is 0.434. The van der Waals surface area contributed by atoms with Crippen LogP contribution in [0.4, 0.5) is 0 Å². The molecule has 0 atom stereocenters. The molecule has 4 heteroatoms. The predicted octanol–water partition coefficient (Wildman–Crippen LogP) is 1.58. The maximum absolute atomic E-state index is 11.6.